The molecule has 3 heterocycles. The Bertz CT molecular complexity index is 1170. The lowest BCUT2D eigenvalue weighted by Crippen LogP contribution is -2.53. The highest BCUT2D eigenvalue weighted by Gasteiger charge is 2.42. The second kappa shape index (κ2) is 10.4. The zero-order valence-electron chi connectivity index (χ0n) is 20.4. The van der Waals surface area contributed by atoms with E-state index < -0.39 is 15.8 Å². The fraction of sp³-hybridized carbons (Fsp3) is 0.500. The number of carbonyl (C=O) groups is 1. The fourth-order valence-corrected chi connectivity index (χ4v) is 7.38. The fourth-order valence-electron chi connectivity index (χ4n) is 5.87. The van der Waals surface area contributed by atoms with Gasteiger partial charge in [0.1, 0.15) is 0 Å². The van der Waals surface area contributed by atoms with E-state index in [2.05, 4.69) is 12.1 Å². The highest BCUT2D eigenvalue weighted by atomic mass is 32.2. The number of ether oxygens (including phenoxy) is 2. The molecule has 3 fully saturated rings. The third-order valence-corrected chi connectivity index (χ3v) is 9.50. The van der Waals surface area contributed by atoms with E-state index in [4.69, 9.17) is 9.47 Å². The molecule has 36 heavy (non-hydrogen) atoms. The number of sulfonamides is 1. The zero-order chi connectivity index (χ0) is 25.3. The van der Waals surface area contributed by atoms with Crippen molar-refractivity contribution in [1.29, 1.82) is 0 Å². The molecule has 0 aliphatic carbocycles. The number of benzene rings is 2. The van der Waals surface area contributed by atoms with Crippen molar-refractivity contribution in [3.8, 4) is 5.75 Å². The Morgan fingerprint density at radius 2 is 1.69 bits per heavy atom. The smallest absolute Gasteiger partial charge is 0.243 e. The van der Waals surface area contributed by atoms with E-state index in [1.54, 1.807) is 4.90 Å². The van der Waals surface area contributed by atoms with Crippen molar-refractivity contribution in [2.75, 3.05) is 45.0 Å². The third-order valence-electron chi connectivity index (χ3n) is 7.62. The van der Waals surface area contributed by atoms with Crippen LogP contribution in [0.1, 0.15) is 37.2 Å². The van der Waals surface area contributed by atoms with E-state index in [1.165, 1.54) is 23.0 Å². The molecule has 2 aromatic carbocycles. The molecule has 0 spiro atoms. The van der Waals surface area contributed by atoms with Gasteiger partial charge in [-0.05, 0) is 49.3 Å². The Kier molecular flexibility index (Phi) is 7.18. The Balaban J connectivity index is 1.44. The van der Waals surface area contributed by atoms with Crippen LogP contribution in [0.25, 0.3) is 0 Å². The van der Waals surface area contributed by atoms with Gasteiger partial charge in [0.05, 0.1) is 10.6 Å². The van der Waals surface area contributed by atoms with Crippen LogP contribution in [-0.2, 0) is 19.6 Å². The first-order chi connectivity index (χ1) is 17.4. The number of likely N-dealkylation sites (tertiary alicyclic amines) is 1. The third kappa shape index (κ3) is 4.69. The van der Waals surface area contributed by atoms with Crippen LogP contribution in [0.4, 0.5) is 10.1 Å². The van der Waals surface area contributed by atoms with Crippen molar-refractivity contribution >= 4 is 22.1 Å². The van der Waals surface area contributed by atoms with Gasteiger partial charge in [-0.3, -0.25) is 4.79 Å². The predicted octanol–water partition coefficient (Wildman–Crippen LogP) is 3.19. The molecular formula is C26H32FN3O5S. The number of carbonyl (C=O) groups excluding carboxylic acids is 1. The van der Waals surface area contributed by atoms with Gasteiger partial charge in [0.15, 0.2) is 18.4 Å². The summed E-state index contributed by atoms with van der Waals surface area (Å²) in [5.74, 6) is -0.450. The quantitative estimate of drug-likeness (QED) is 0.395. The number of halogens is 1. The number of nitrogens with zero attached hydrogens (tertiary/aromatic N) is 3. The van der Waals surface area contributed by atoms with Gasteiger partial charge in [0.2, 0.25) is 16.4 Å². The van der Waals surface area contributed by atoms with Gasteiger partial charge in [-0.2, -0.15) is 4.31 Å². The number of amides is 1. The molecule has 8 nitrogen and oxygen atoms in total. The van der Waals surface area contributed by atoms with E-state index in [9.17, 15) is 13.2 Å². The van der Waals surface area contributed by atoms with Crippen molar-refractivity contribution < 1.29 is 27.1 Å². The Hall–Kier alpha value is -2.69. The molecule has 10 heteroatoms. The standard InChI is InChI=1S/C26H32FN3O5S/c1-34-18-35-26-24(27)13-23(14-25(26)30-21-7-8-22(30)16-28(15-21)17-31)36(32,33)29-11-9-20(10-12-29)19-5-3-2-4-6-19/h2-6,13-14,17,20-22H,7-12,15-16,18H2,1H3. The summed E-state index contributed by atoms with van der Waals surface area (Å²) < 4.78 is 54.8. The highest BCUT2D eigenvalue weighted by Crippen LogP contribution is 2.43. The summed E-state index contributed by atoms with van der Waals surface area (Å²) in [6.07, 6.45) is 3.94. The molecule has 1 amide bonds. The van der Waals surface area contributed by atoms with Crippen LogP contribution >= 0.6 is 0 Å². The molecule has 3 aliphatic rings. The number of hydrogen-bond donors (Lipinski definition) is 0. The second-order valence-corrected chi connectivity index (χ2v) is 11.7. The summed E-state index contributed by atoms with van der Waals surface area (Å²) in [7, 11) is -2.46. The van der Waals surface area contributed by atoms with Gasteiger partial charge in [-0.15, -0.1) is 0 Å². The molecule has 3 saturated heterocycles. The number of fused-ring (bicyclic) bond motifs is 2. The minimum Gasteiger partial charge on any atom is -0.462 e. The first kappa shape index (κ1) is 25.0. The number of rotatable bonds is 8. The van der Waals surface area contributed by atoms with Crippen LogP contribution in [0.15, 0.2) is 47.4 Å². The van der Waals surface area contributed by atoms with Crippen molar-refractivity contribution in [1.82, 2.24) is 9.21 Å². The van der Waals surface area contributed by atoms with Gasteiger partial charge in [-0.1, -0.05) is 30.3 Å². The molecule has 2 atom stereocenters. The summed E-state index contributed by atoms with van der Waals surface area (Å²) >= 11 is 0. The van der Waals surface area contributed by atoms with Crippen LogP contribution < -0.4 is 9.64 Å². The lowest BCUT2D eigenvalue weighted by atomic mass is 9.90. The lowest BCUT2D eigenvalue weighted by molar-refractivity contribution is -0.119. The normalized spacial score (nSPS) is 23.2. The molecule has 5 rings (SSSR count). The lowest BCUT2D eigenvalue weighted by Gasteiger charge is -2.41. The van der Waals surface area contributed by atoms with Crippen molar-refractivity contribution in [3.63, 3.8) is 0 Å². The molecule has 2 unspecified atom stereocenters. The molecule has 0 saturated carbocycles. The van der Waals surface area contributed by atoms with Crippen LogP contribution in [0.2, 0.25) is 0 Å². The molecule has 0 aromatic heterocycles. The minimum absolute atomic E-state index is 0.0185. The molecule has 2 bridgehead atoms. The average molecular weight is 518 g/mol. The predicted molar refractivity (Wildman–Crippen MR) is 133 cm³/mol. The minimum atomic E-state index is -3.91. The van der Waals surface area contributed by atoms with Crippen LogP contribution in [0.5, 0.6) is 5.75 Å². The Morgan fingerprint density at radius 1 is 1.03 bits per heavy atom. The van der Waals surface area contributed by atoms with Gasteiger partial charge < -0.3 is 19.3 Å². The van der Waals surface area contributed by atoms with Crippen molar-refractivity contribution in [2.24, 2.45) is 0 Å². The summed E-state index contributed by atoms with van der Waals surface area (Å²) in [5, 5.41) is 0. The largest absolute Gasteiger partial charge is 0.462 e. The van der Waals surface area contributed by atoms with Gasteiger partial charge in [0, 0.05) is 45.4 Å². The Morgan fingerprint density at radius 3 is 2.31 bits per heavy atom. The van der Waals surface area contributed by atoms with Crippen LogP contribution in [0.3, 0.4) is 0 Å². The molecule has 0 N–H and O–H groups in total. The van der Waals surface area contributed by atoms with Crippen LogP contribution in [0, 0.1) is 5.82 Å². The van der Waals surface area contributed by atoms with E-state index >= 15 is 4.39 Å². The first-order valence-corrected chi connectivity index (χ1v) is 13.8. The van der Waals surface area contributed by atoms with E-state index in [1.807, 2.05) is 23.1 Å². The Labute approximate surface area is 211 Å². The maximum absolute atomic E-state index is 15.4. The van der Waals surface area contributed by atoms with Gasteiger partial charge in [-0.25, -0.2) is 12.8 Å². The van der Waals surface area contributed by atoms with Gasteiger partial charge in [0.25, 0.3) is 0 Å². The topological polar surface area (TPSA) is 79.4 Å². The monoisotopic (exact) mass is 517 g/mol. The molecule has 2 aromatic rings. The summed E-state index contributed by atoms with van der Waals surface area (Å²) in [4.78, 5) is 15.1. The first-order valence-electron chi connectivity index (χ1n) is 12.4. The number of anilines is 1. The number of piperazine rings is 1. The zero-order valence-corrected chi connectivity index (χ0v) is 21.2. The molecule has 0 radical (unpaired) electrons. The average Bonchev–Trinajstić information content (AvgIpc) is 3.16. The molecule has 194 valence electrons. The maximum Gasteiger partial charge on any atom is 0.243 e. The van der Waals surface area contributed by atoms with E-state index in [-0.39, 0.29) is 29.5 Å². The number of piperidine rings is 1. The number of hydrogen-bond acceptors (Lipinski definition) is 6. The molecular weight excluding hydrogens is 485 g/mol. The van der Waals surface area contributed by atoms with Crippen molar-refractivity contribution in [3.05, 3.63) is 53.8 Å². The van der Waals surface area contributed by atoms with E-state index in [0.717, 1.165) is 25.3 Å². The number of methoxy groups -OCH3 is 1. The SMILES string of the molecule is COCOc1c(F)cc(S(=O)(=O)N2CCC(c3ccccc3)CC2)cc1N1C2CCC1CN(C=O)C2. The van der Waals surface area contributed by atoms with Crippen LogP contribution in [-0.4, -0.2) is 76.2 Å². The summed E-state index contributed by atoms with van der Waals surface area (Å²) in [5.41, 5.74) is 1.62. The van der Waals surface area contributed by atoms with Crippen molar-refractivity contribution in [2.45, 2.75) is 48.6 Å². The second-order valence-electron chi connectivity index (χ2n) is 9.74. The summed E-state index contributed by atoms with van der Waals surface area (Å²) in [6.45, 7) is 1.62. The van der Waals surface area contributed by atoms with E-state index in [0.29, 0.717) is 50.6 Å². The van der Waals surface area contributed by atoms with Gasteiger partial charge >= 0.3 is 0 Å². The summed E-state index contributed by atoms with van der Waals surface area (Å²) in [6, 6.07) is 12.7. The molecule has 3 aliphatic heterocycles. The highest BCUT2D eigenvalue weighted by molar-refractivity contribution is 7.89. The maximum atomic E-state index is 15.4.